The van der Waals surface area contributed by atoms with Crippen molar-refractivity contribution in [3.63, 3.8) is 0 Å². The molecule has 21 heavy (non-hydrogen) atoms. The molecule has 0 saturated carbocycles. The number of nitrogen functional groups attached to an aromatic ring is 1. The first-order chi connectivity index (χ1) is 10.0. The maximum atomic E-state index is 12.2. The maximum Gasteiger partial charge on any atom is 0.240 e. The van der Waals surface area contributed by atoms with E-state index in [1.165, 1.54) is 31.2 Å². The second-order valence-electron chi connectivity index (χ2n) is 5.51. The molecule has 0 spiro atoms. The third kappa shape index (κ3) is 3.34. The number of aromatic nitrogens is 1. The highest BCUT2D eigenvalue weighted by Gasteiger charge is 2.32. The second-order valence-corrected chi connectivity index (χ2v) is 7.28. The van der Waals surface area contributed by atoms with Gasteiger partial charge in [0.2, 0.25) is 10.0 Å². The number of nitrogens with one attached hydrogen (secondary N) is 1. The first-order valence-electron chi connectivity index (χ1n) is 7.11. The summed E-state index contributed by atoms with van der Waals surface area (Å²) >= 11 is 0. The maximum absolute atomic E-state index is 12.2. The van der Waals surface area contributed by atoms with Crippen LogP contribution >= 0.6 is 0 Å². The van der Waals surface area contributed by atoms with E-state index >= 15 is 0 Å². The predicted octanol–water partition coefficient (Wildman–Crippen LogP) is -0.195. The van der Waals surface area contributed by atoms with Crippen LogP contribution in [0.25, 0.3) is 0 Å². The Balaban J connectivity index is 1.59. The first-order valence-corrected chi connectivity index (χ1v) is 8.60. The molecule has 2 aliphatic rings. The zero-order valence-corrected chi connectivity index (χ0v) is 12.6. The van der Waals surface area contributed by atoms with Crippen LogP contribution in [0.2, 0.25) is 0 Å². The molecule has 3 N–H and O–H groups in total. The van der Waals surface area contributed by atoms with Crippen molar-refractivity contribution < 1.29 is 13.2 Å². The summed E-state index contributed by atoms with van der Waals surface area (Å²) in [6.07, 6.45) is 3.65. The second kappa shape index (κ2) is 5.88. The molecular formula is C13H20N4O3S. The van der Waals surface area contributed by atoms with Gasteiger partial charge in [-0.1, -0.05) is 0 Å². The van der Waals surface area contributed by atoms with Crippen molar-refractivity contribution in [2.24, 2.45) is 0 Å². The van der Waals surface area contributed by atoms with Gasteiger partial charge in [-0.3, -0.25) is 4.90 Å². The van der Waals surface area contributed by atoms with Crippen LogP contribution in [-0.2, 0) is 14.8 Å². The highest BCUT2D eigenvalue weighted by Crippen LogP contribution is 2.22. The number of sulfonamides is 1. The van der Waals surface area contributed by atoms with Crippen LogP contribution in [0.15, 0.2) is 23.2 Å². The van der Waals surface area contributed by atoms with Gasteiger partial charge in [0, 0.05) is 31.4 Å². The van der Waals surface area contributed by atoms with Crippen LogP contribution in [0, 0.1) is 0 Å². The molecule has 2 unspecified atom stereocenters. The van der Waals surface area contributed by atoms with E-state index in [1.807, 2.05) is 0 Å². The van der Waals surface area contributed by atoms with Gasteiger partial charge in [0.1, 0.15) is 5.82 Å². The lowest BCUT2D eigenvalue weighted by Crippen LogP contribution is -2.50. The van der Waals surface area contributed by atoms with E-state index in [-0.39, 0.29) is 23.4 Å². The molecule has 2 aliphatic heterocycles. The number of fused-ring (bicyclic) bond motifs is 1. The topological polar surface area (TPSA) is 97.5 Å². The first kappa shape index (κ1) is 14.7. The number of morpholine rings is 1. The van der Waals surface area contributed by atoms with Crippen LogP contribution in [0.5, 0.6) is 0 Å². The summed E-state index contributed by atoms with van der Waals surface area (Å²) < 4.78 is 32.7. The lowest BCUT2D eigenvalue weighted by atomic mass is 10.2. The number of nitrogens with two attached hydrogens (primary N) is 1. The third-order valence-electron chi connectivity index (χ3n) is 4.03. The molecule has 116 valence electrons. The molecule has 0 aromatic carbocycles. The van der Waals surface area contributed by atoms with Crippen molar-refractivity contribution in [1.29, 1.82) is 0 Å². The molecule has 0 radical (unpaired) electrons. The van der Waals surface area contributed by atoms with Gasteiger partial charge < -0.3 is 10.5 Å². The summed E-state index contributed by atoms with van der Waals surface area (Å²) in [5.41, 5.74) is 5.52. The Labute approximate surface area is 124 Å². The minimum atomic E-state index is -3.57. The summed E-state index contributed by atoms with van der Waals surface area (Å²) in [6, 6.07) is 3.29. The number of anilines is 1. The number of hydrogen-bond acceptors (Lipinski definition) is 6. The number of ether oxygens (including phenoxy) is 1. The molecule has 0 bridgehead atoms. The van der Waals surface area contributed by atoms with E-state index in [0.717, 1.165) is 13.1 Å². The molecule has 8 heteroatoms. The fourth-order valence-electron chi connectivity index (χ4n) is 2.89. The quantitative estimate of drug-likeness (QED) is 0.799. The van der Waals surface area contributed by atoms with E-state index in [1.54, 1.807) is 0 Å². The van der Waals surface area contributed by atoms with E-state index in [9.17, 15) is 8.42 Å². The predicted molar refractivity (Wildman–Crippen MR) is 78.2 cm³/mol. The van der Waals surface area contributed by atoms with Crippen LogP contribution in [-0.4, -0.2) is 56.7 Å². The molecule has 7 nitrogen and oxygen atoms in total. The van der Waals surface area contributed by atoms with Gasteiger partial charge in [-0.05, 0) is 25.5 Å². The van der Waals surface area contributed by atoms with Gasteiger partial charge in [0.25, 0.3) is 0 Å². The van der Waals surface area contributed by atoms with Crippen molar-refractivity contribution >= 4 is 15.8 Å². The molecule has 1 aromatic heterocycles. The number of nitrogens with zero attached hydrogens (tertiary/aromatic N) is 2. The van der Waals surface area contributed by atoms with Gasteiger partial charge in [0.15, 0.2) is 0 Å². The Morgan fingerprint density at radius 2 is 2.38 bits per heavy atom. The molecular weight excluding hydrogens is 292 g/mol. The molecule has 0 aliphatic carbocycles. The molecule has 3 heterocycles. The van der Waals surface area contributed by atoms with Crippen molar-refractivity contribution in [2.45, 2.75) is 29.9 Å². The smallest absolute Gasteiger partial charge is 0.240 e. The zero-order valence-electron chi connectivity index (χ0n) is 11.7. The summed E-state index contributed by atoms with van der Waals surface area (Å²) in [5, 5.41) is 0. The fraction of sp³-hybridized carbons (Fsp3) is 0.615. The van der Waals surface area contributed by atoms with Crippen molar-refractivity contribution in [3.8, 4) is 0 Å². The van der Waals surface area contributed by atoms with Gasteiger partial charge in [-0.2, -0.15) is 0 Å². The summed E-state index contributed by atoms with van der Waals surface area (Å²) in [4.78, 5) is 6.31. The number of hydrogen-bond donors (Lipinski definition) is 2. The fourth-order valence-corrected chi connectivity index (χ4v) is 3.98. The molecule has 1 aromatic rings. The minimum absolute atomic E-state index is 0.103. The van der Waals surface area contributed by atoms with Crippen LogP contribution in [0.1, 0.15) is 12.8 Å². The van der Waals surface area contributed by atoms with Crippen LogP contribution < -0.4 is 10.5 Å². The molecule has 2 atom stereocenters. The Kier molecular flexibility index (Phi) is 4.12. The molecule has 2 fully saturated rings. The Hall–Kier alpha value is -1.22. The zero-order chi connectivity index (χ0) is 14.9. The summed E-state index contributed by atoms with van der Waals surface area (Å²) in [7, 11) is -3.57. The average Bonchev–Trinajstić information content (AvgIpc) is 2.93. The van der Waals surface area contributed by atoms with Gasteiger partial charge in [0.05, 0.1) is 17.6 Å². The van der Waals surface area contributed by atoms with Gasteiger partial charge >= 0.3 is 0 Å². The Bertz CT molecular complexity index is 607. The standard InChI is InChI=1S/C13H20N4O3S/c14-13-6-12(3-4-15-13)21(18,19)16-7-11-8-17-5-1-2-10(17)9-20-11/h3-4,6,10-11,16H,1-2,5,7-9H2,(H2,14,15). The monoisotopic (exact) mass is 312 g/mol. The lowest BCUT2D eigenvalue weighted by molar-refractivity contribution is -0.0449. The highest BCUT2D eigenvalue weighted by molar-refractivity contribution is 7.89. The summed E-state index contributed by atoms with van der Waals surface area (Å²) in [5.74, 6) is 0.187. The van der Waals surface area contributed by atoms with Gasteiger partial charge in [-0.25, -0.2) is 18.1 Å². The normalized spacial score (nSPS) is 26.7. The number of rotatable bonds is 4. The molecule has 2 saturated heterocycles. The largest absolute Gasteiger partial charge is 0.384 e. The lowest BCUT2D eigenvalue weighted by Gasteiger charge is -2.35. The van der Waals surface area contributed by atoms with Crippen LogP contribution in [0.4, 0.5) is 5.82 Å². The van der Waals surface area contributed by atoms with E-state index in [4.69, 9.17) is 10.5 Å². The van der Waals surface area contributed by atoms with Crippen LogP contribution in [0.3, 0.4) is 0 Å². The average molecular weight is 312 g/mol. The SMILES string of the molecule is Nc1cc(S(=O)(=O)NCC2CN3CCCC3CO2)ccn1. The Morgan fingerprint density at radius 3 is 3.19 bits per heavy atom. The van der Waals surface area contributed by atoms with E-state index in [0.29, 0.717) is 12.6 Å². The van der Waals surface area contributed by atoms with E-state index < -0.39 is 10.0 Å². The van der Waals surface area contributed by atoms with Crippen molar-refractivity contribution in [2.75, 3.05) is 32.0 Å². The van der Waals surface area contributed by atoms with Crippen molar-refractivity contribution in [3.05, 3.63) is 18.3 Å². The van der Waals surface area contributed by atoms with E-state index in [2.05, 4.69) is 14.6 Å². The molecule has 3 rings (SSSR count). The van der Waals surface area contributed by atoms with Gasteiger partial charge in [-0.15, -0.1) is 0 Å². The number of pyridine rings is 1. The summed E-state index contributed by atoms with van der Waals surface area (Å²) in [6.45, 7) is 2.83. The minimum Gasteiger partial charge on any atom is -0.384 e. The highest BCUT2D eigenvalue weighted by atomic mass is 32.2. The van der Waals surface area contributed by atoms with Crippen molar-refractivity contribution in [1.82, 2.24) is 14.6 Å². The third-order valence-corrected chi connectivity index (χ3v) is 5.45. The molecule has 0 amide bonds. The Morgan fingerprint density at radius 1 is 1.52 bits per heavy atom.